The molecule has 182 valence electrons. The monoisotopic (exact) mass is 486 g/mol. The van der Waals surface area contributed by atoms with Crippen molar-refractivity contribution in [3.8, 4) is 28.5 Å². The molecule has 2 aliphatic heterocycles. The van der Waals surface area contributed by atoms with Crippen LogP contribution in [-0.4, -0.2) is 60.6 Å². The lowest BCUT2D eigenvalue weighted by Crippen LogP contribution is -2.50. The summed E-state index contributed by atoms with van der Waals surface area (Å²) in [6.45, 7) is 1.57. The molecule has 0 spiro atoms. The van der Waals surface area contributed by atoms with Crippen LogP contribution in [0.2, 0.25) is 0 Å². The van der Waals surface area contributed by atoms with Gasteiger partial charge in [-0.2, -0.15) is 13.2 Å². The van der Waals surface area contributed by atoms with Crippen molar-refractivity contribution in [1.82, 2.24) is 15.1 Å². The molecule has 2 aliphatic rings. The van der Waals surface area contributed by atoms with Gasteiger partial charge in [0.15, 0.2) is 23.9 Å². The van der Waals surface area contributed by atoms with Crippen molar-refractivity contribution < 1.29 is 32.2 Å². The first kappa shape index (κ1) is 22.8. The Balaban J connectivity index is 1.15. The zero-order valence-electron chi connectivity index (χ0n) is 18.5. The van der Waals surface area contributed by atoms with E-state index in [0.29, 0.717) is 49.2 Å². The molecule has 8 nitrogen and oxygen atoms in total. The zero-order valence-corrected chi connectivity index (χ0v) is 18.5. The molecule has 35 heavy (non-hydrogen) atoms. The number of amides is 1. The summed E-state index contributed by atoms with van der Waals surface area (Å²) in [5.74, 6) is 1.31. The fraction of sp³-hybridized carbons (Fsp3) is 0.292. The summed E-state index contributed by atoms with van der Waals surface area (Å²) in [5.41, 5.74) is 0.647. The van der Waals surface area contributed by atoms with Gasteiger partial charge in [0.05, 0.1) is 11.3 Å². The third kappa shape index (κ3) is 4.93. The number of alkyl halides is 3. The highest BCUT2D eigenvalue weighted by molar-refractivity contribution is 5.78. The van der Waals surface area contributed by atoms with Gasteiger partial charge in [-0.1, -0.05) is 12.1 Å². The van der Waals surface area contributed by atoms with Gasteiger partial charge in [-0.25, -0.2) is 0 Å². The van der Waals surface area contributed by atoms with Crippen LogP contribution in [0, 0.1) is 0 Å². The zero-order chi connectivity index (χ0) is 24.4. The first-order valence-corrected chi connectivity index (χ1v) is 10.9. The van der Waals surface area contributed by atoms with E-state index in [1.54, 1.807) is 4.90 Å². The van der Waals surface area contributed by atoms with E-state index in [1.807, 2.05) is 35.2 Å². The van der Waals surface area contributed by atoms with Crippen LogP contribution in [0.25, 0.3) is 11.3 Å². The fourth-order valence-corrected chi connectivity index (χ4v) is 3.95. The van der Waals surface area contributed by atoms with Crippen molar-refractivity contribution in [3.63, 3.8) is 0 Å². The van der Waals surface area contributed by atoms with E-state index in [4.69, 9.17) is 14.2 Å². The highest BCUT2D eigenvalue weighted by Gasteiger charge is 2.34. The molecule has 0 atom stereocenters. The Bertz CT molecular complexity index is 1210. The number of para-hydroxylation sites is 1. The molecule has 11 heteroatoms. The SMILES string of the molecule is O=C(COc1ccccc1C(F)(F)F)N1CCN(c2ccc(-c3ccc4c(c3)OCO4)nn2)CC1. The molecule has 0 N–H and O–H groups in total. The van der Waals surface area contributed by atoms with Gasteiger partial charge >= 0.3 is 6.18 Å². The van der Waals surface area contributed by atoms with Crippen LogP contribution in [0.1, 0.15) is 5.56 Å². The van der Waals surface area contributed by atoms with Gasteiger partial charge in [0.25, 0.3) is 5.91 Å². The van der Waals surface area contributed by atoms with E-state index in [9.17, 15) is 18.0 Å². The number of anilines is 1. The number of piperazine rings is 1. The molecule has 0 saturated carbocycles. The van der Waals surface area contributed by atoms with Gasteiger partial charge < -0.3 is 24.0 Å². The number of nitrogens with zero attached hydrogens (tertiary/aromatic N) is 4. The normalized spacial score (nSPS) is 15.3. The van der Waals surface area contributed by atoms with Crippen LogP contribution in [0.3, 0.4) is 0 Å². The van der Waals surface area contributed by atoms with Crippen LogP contribution in [0.4, 0.5) is 19.0 Å². The van der Waals surface area contributed by atoms with Crippen LogP contribution < -0.4 is 19.1 Å². The molecule has 5 rings (SSSR count). The number of carbonyl (C=O) groups excluding carboxylic acids is 1. The lowest BCUT2D eigenvalue weighted by atomic mass is 10.1. The van der Waals surface area contributed by atoms with Crippen molar-refractivity contribution in [3.05, 3.63) is 60.2 Å². The number of aromatic nitrogens is 2. The summed E-state index contributed by atoms with van der Waals surface area (Å²) in [6, 6.07) is 14.1. The highest BCUT2D eigenvalue weighted by atomic mass is 19.4. The summed E-state index contributed by atoms with van der Waals surface area (Å²) >= 11 is 0. The minimum absolute atomic E-state index is 0.199. The van der Waals surface area contributed by atoms with E-state index in [-0.39, 0.29) is 18.4 Å². The number of carbonyl (C=O) groups is 1. The summed E-state index contributed by atoms with van der Waals surface area (Å²) in [5, 5.41) is 8.63. The van der Waals surface area contributed by atoms with Crippen molar-refractivity contribution >= 4 is 11.7 Å². The van der Waals surface area contributed by atoms with Crippen LogP contribution in [0.15, 0.2) is 54.6 Å². The lowest BCUT2D eigenvalue weighted by molar-refractivity contribution is -0.141. The Hall–Kier alpha value is -4.02. The predicted octanol–water partition coefficient (Wildman–Crippen LogP) is 3.62. The molecular formula is C24H21F3N4O4. The summed E-state index contributed by atoms with van der Waals surface area (Å²) in [4.78, 5) is 16.1. The third-order valence-electron chi connectivity index (χ3n) is 5.82. The third-order valence-corrected chi connectivity index (χ3v) is 5.82. The number of ether oxygens (including phenoxy) is 3. The summed E-state index contributed by atoms with van der Waals surface area (Å²) in [6.07, 6.45) is -4.55. The molecule has 3 aromatic rings. The molecule has 3 heterocycles. The molecule has 1 saturated heterocycles. The Morgan fingerprint density at radius 3 is 2.46 bits per heavy atom. The number of hydrogen-bond acceptors (Lipinski definition) is 7. The molecule has 0 radical (unpaired) electrons. The molecule has 0 unspecified atom stereocenters. The average molecular weight is 486 g/mol. The maximum absolute atomic E-state index is 13.1. The van der Waals surface area contributed by atoms with Gasteiger partial charge in [0.1, 0.15) is 5.75 Å². The average Bonchev–Trinajstić information content (AvgIpc) is 3.35. The summed E-state index contributed by atoms with van der Waals surface area (Å²) in [7, 11) is 0. The number of rotatable bonds is 5. The van der Waals surface area contributed by atoms with Gasteiger partial charge in [-0.3, -0.25) is 4.79 Å². The van der Waals surface area contributed by atoms with Crippen molar-refractivity contribution in [2.24, 2.45) is 0 Å². The molecular weight excluding hydrogens is 465 g/mol. The highest BCUT2D eigenvalue weighted by Crippen LogP contribution is 2.36. The number of benzene rings is 2. The summed E-state index contributed by atoms with van der Waals surface area (Å²) < 4.78 is 55.2. The second-order valence-corrected chi connectivity index (χ2v) is 8.00. The number of fused-ring (bicyclic) bond motifs is 1. The minimum Gasteiger partial charge on any atom is -0.483 e. The van der Waals surface area contributed by atoms with Crippen molar-refractivity contribution in [1.29, 1.82) is 0 Å². The van der Waals surface area contributed by atoms with E-state index in [2.05, 4.69) is 10.2 Å². The smallest absolute Gasteiger partial charge is 0.419 e. The quantitative estimate of drug-likeness (QED) is 0.545. The van der Waals surface area contributed by atoms with Crippen LogP contribution in [-0.2, 0) is 11.0 Å². The first-order chi connectivity index (χ1) is 16.9. The van der Waals surface area contributed by atoms with E-state index in [1.165, 1.54) is 18.2 Å². The second-order valence-electron chi connectivity index (χ2n) is 8.00. The minimum atomic E-state index is -4.55. The molecule has 0 bridgehead atoms. The van der Waals surface area contributed by atoms with E-state index < -0.39 is 18.3 Å². The largest absolute Gasteiger partial charge is 0.483 e. The Morgan fingerprint density at radius 1 is 0.943 bits per heavy atom. The topological polar surface area (TPSA) is 77.0 Å². The van der Waals surface area contributed by atoms with Gasteiger partial charge in [-0.05, 0) is 42.5 Å². The van der Waals surface area contributed by atoms with Gasteiger partial charge in [0, 0.05) is 31.7 Å². The molecule has 0 aliphatic carbocycles. The Kier molecular flexibility index (Phi) is 6.06. The molecule has 1 aromatic heterocycles. The molecule has 1 fully saturated rings. The lowest BCUT2D eigenvalue weighted by Gasteiger charge is -2.35. The van der Waals surface area contributed by atoms with Crippen LogP contribution in [0.5, 0.6) is 17.2 Å². The number of hydrogen-bond donors (Lipinski definition) is 0. The Labute approximate surface area is 198 Å². The van der Waals surface area contributed by atoms with E-state index in [0.717, 1.165) is 11.6 Å². The van der Waals surface area contributed by atoms with E-state index >= 15 is 0 Å². The fourth-order valence-electron chi connectivity index (χ4n) is 3.95. The van der Waals surface area contributed by atoms with Crippen LogP contribution >= 0.6 is 0 Å². The van der Waals surface area contributed by atoms with Crippen molar-refractivity contribution in [2.75, 3.05) is 44.5 Å². The first-order valence-electron chi connectivity index (χ1n) is 10.9. The predicted molar refractivity (Wildman–Crippen MR) is 119 cm³/mol. The Morgan fingerprint density at radius 2 is 1.71 bits per heavy atom. The second kappa shape index (κ2) is 9.32. The number of halogens is 3. The molecule has 1 amide bonds. The standard InChI is InChI=1S/C24H21F3N4O4/c25-24(26,27)17-3-1-2-4-19(17)33-14-23(32)31-11-9-30(10-12-31)22-8-6-18(28-29-22)16-5-7-20-21(13-16)35-15-34-20/h1-8,13H,9-12,14-15H2. The maximum atomic E-state index is 13.1. The van der Waals surface area contributed by atoms with Gasteiger partial charge in [0.2, 0.25) is 6.79 Å². The molecule has 2 aromatic carbocycles. The maximum Gasteiger partial charge on any atom is 0.419 e. The van der Waals surface area contributed by atoms with Gasteiger partial charge in [-0.15, -0.1) is 10.2 Å². The van der Waals surface area contributed by atoms with Crippen molar-refractivity contribution in [2.45, 2.75) is 6.18 Å².